The first-order valence-corrected chi connectivity index (χ1v) is 7.40. The van der Waals surface area contributed by atoms with Crippen LogP contribution in [0, 0.1) is 5.41 Å². The molecule has 1 N–H and O–H groups in total. The molecule has 0 aromatic carbocycles. The maximum atomic E-state index is 10.1. The van der Waals surface area contributed by atoms with Gasteiger partial charge in [0.05, 0.1) is 18.6 Å². The van der Waals surface area contributed by atoms with Gasteiger partial charge in [0, 0.05) is 32.7 Å². The molecule has 4 heterocycles. The van der Waals surface area contributed by atoms with Crippen LogP contribution in [0.3, 0.4) is 0 Å². The number of aliphatic hydroxyl groups is 1. The maximum Gasteiger partial charge on any atom is 0.229 e. The van der Waals surface area contributed by atoms with E-state index in [1.165, 1.54) is 0 Å². The van der Waals surface area contributed by atoms with Crippen molar-refractivity contribution < 1.29 is 9.63 Å². The average molecular weight is 280 g/mol. The summed E-state index contributed by atoms with van der Waals surface area (Å²) in [5.74, 6) is 1.31. The lowest BCUT2D eigenvalue weighted by Crippen LogP contribution is -2.57. The van der Waals surface area contributed by atoms with Gasteiger partial charge in [-0.3, -0.25) is 9.80 Å². The Hall–Kier alpha value is -0.980. The standard InChI is InChI=1S/C14H24N4O2/c1-14(2,3)11(19)8-12-15-13(16-20-12)10-9-17-4-6-18(10)7-5-17/h10-11,19H,4-9H2,1-3H3. The van der Waals surface area contributed by atoms with Crippen molar-refractivity contribution in [3.63, 3.8) is 0 Å². The van der Waals surface area contributed by atoms with E-state index in [0.29, 0.717) is 12.3 Å². The fraction of sp³-hybridized carbons (Fsp3) is 0.857. The molecule has 20 heavy (non-hydrogen) atoms. The molecule has 1 aromatic rings. The Kier molecular flexibility index (Phi) is 3.56. The summed E-state index contributed by atoms with van der Waals surface area (Å²) in [7, 11) is 0. The van der Waals surface area contributed by atoms with Crippen molar-refractivity contribution in [1.29, 1.82) is 0 Å². The SMILES string of the molecule is CC(C)(C)C(O)Cc1nc(C2CN3CCN2CC3)no1. The summed E-state index contributed by atoms with van der Waals surface area (Å²) >= 11 is 0. The average Bonchev–Trinajstić information content (AvgIpc) is 2.87. The van der Waals surface area contributed by atoms with Gasteiger partial charge in [-0.05, 0) is 5.41 Å². The molecule has 0 aliphatic carbocycles. The Labute approximate surface area is 119 Å². The van der Waals surface area contributed by atoms with Gasteiger partial charge in [-0.1, -0.05) is 25.9 Å². The van der Waals surface area contributed by atoms with E-state index in [2.05, 4.69) is 19.9 Å². The molecule has 3 aliphatic heterocycles. The van der Waals surface area contributed by atoms with Gasteiger partial charge >= 0.3 is 0 Å². The molecule has 6 heteroatoms. The minimum Gasteiger partial charge on any atom is -0.392 e. The van der Waals surface area contributed by atoms with Crippen LogP contribution in [0.4, 0.5) is 0 Å². The van der Waals surface area contributed by atoms with Gasteiger partial charge in [0.1, 0.15) is 0 Å². The second-order valence-corrected chi connectivity index (χ2v) is 6.98. The molecule has 4 rings (SSSR count). The molecule has 3 saturated heterocycles. The predicted molar refractivity (Wildman–Crippen MR) is 74.2 cm³/mol. The minimum atomic E-state index is -0.470. The van der Waals surface area contributed by atoms with Crippen LogP contribution in [0.2, 0.25) is 0 Å². The summed E-state index contributed by atoms with van der Waals surface area (Å²) in [6, 6.07) is 0.252. The summed E-state index contributed by atoms with van der Waals surface area (Å²) < 4.78 is 5.33. The van der Waals surface area contributed by atoms with Crippen LogP contribution in [0.15, 0.2) is 4.52 Å². The Bertz CT molecular complexity index is 460. The normalized spacial score (nSPS) is 31.5. The van der Waals surface area contributed by atoms with Gasteiger partial charge in [-0.25, -0.2) is 0 Å². The van der Waals surface area contributed by atoms with Gasteiger partial charge in [0.2, 0.25) is 5.89 Å². The summed E-state index contributed by atoms with van der Waals surface area (Å²) in [4.78, 5) is 9.37. The maximum absolute atomic E-state index is 10.1. The van der Waals surface area contributed by atoms with Crippen LogP contribution in [0.5, 0.6) is 0 Å². The number of rotatable bonds is 3. The second kappa shape index (κ2) is 5.09. The second-order valence-electron chi connectivity index (χ2n) is 6.98. The molecular weight excluding hydrogens is 256 g/mol. The Morgan fingerprint density at radius 2 is 2.00 bits per heavy atom. The third kappa shape index (κ3) is 2.73. The molecule has 112 valence electrons. The first-order chi connectivity index (χ1) is 9.43. The molecule has 6 nitrogen and oxygen atoms in total. The van der Waals surface area contributed by atoms with Crippen LogP contribution < -0.4 is 0 Å². The zero-order valence-corrected chi connectivity index (χ0v) is 12.5. The molecule has 0 amide bonds. The van der Waals surface area contributed by atoms with E-state index in [1.807, 2.05) is 20.8 Å². The Morgan fingerprint density at radius 1 is 1.30 bits per heavy atom. The lowest BCUT2D eigenvalue weighted by atomic mass is 9.87. The summed E-state index contributed by atoms with van der Waals surface area (Å²) in [6.45, 7) is 11.5. The van der Waals surface area contributed by atoms with Gasteiger partial charge < -0.3 is 9.63 Å². The van der Waals surface area contributed by atoms with E-state index in [-0.39, 0.29) is 11.5 Å². The minimum absolute atomic E-state index is 0.173. The Morgan fingerprint density at radius 3 is 2.55 bits per heavy atom. The summed E-state index contributed by atoms with van der Waals surface area (Å²) in [6.07, 6.45) is -0.0462. The lowest BCUT2D eigenvalue weighted by Gasteiger charge is -2.46. The molecule has 3 aliphatic rings. The van der Waals surface area contributed by atoms with Crippen molar-refractivity contribution in [3.8, 4) is 0 Å². The molecule has 2 atom stereocenters. The van der Waals surface area contributed by atoms with Crippen molar-refractivity contribution >= 4 is 0 Å². The van der Waals surface area contributed by atoms with Crippen molar-refractivity contribution in [2.75, 3.05) is 32.7 Å². The van der Waals surface area contributed by atoms with Crippen LogP contribution >= 0.6 is 0 Å². The fourth-order valence-electron chi connectivity index (χ4n) is 2.82. The highest BCUT2D eigenvalue weighted by atomic mass is 16.5. The van der Waals surface area contributed by atoms with E-state index >= 15 is 0 Å². The molecule has 0 spiro atoms. The monoisotopic (exact) mass is 280 g/mol. The first-order valence-electron chi connectivity index (χ1n) is 7.40. The van der Waals surface area contributed by atoms with Gasteiger partial charge in [0.25, 0.3) is 0 Å². The van der Waals surface area contributed by atoms with E-state index in [4.69, 9.17) is 4.52 Å². The van der Waals surface area contributed by atoms with Gasteiger partial charge in [0.15, 0.2) is 5.82 Å². The van der Waals surface area contributed by atoms with E-state index in [0.717, 1.165) is 38.5 Å². The van der Waals surface area contributed by atoms with E-state index in [9.17, 15) is 5.11 Å². The fourth-order valence-corrected chi connectivity index (χ4v) is 2.82. The number of hydrogen-bond donors (Lipinski definition) is 1. The van der Waals surface area contributed by atoms with Crippen molar-refractivity contribution in [1.82, 2.24) is 19.9 Å². The van der Waals surface area contributed by atoms with Crippen molar-refractivity contribution in [2.45, 2.75) is 39.3 Å². The number of nitrogens with zero attached hydrogens (tertiary/aromatic N) is 4. The molecular formula is C14H24N4O2. The van der Waals surface area contributed by atoms with Crippen LogP contribution in [-0.4, -0.2) is 63.9 Å². The highest BCUT2D eigenvalue weighted by Gasteiger charge is 2.36. The number of aromatic nitrogens is 2. The van der Waals surface area contributed by atoms with Crippen molar-refractivity contribution in [3.05, 3.63) is 11.7 Å². The van der Waals surface area contributed by atoms with E-state index in [1.54, 1.807) is 0 Å². The zero-order valence-electron chi connectivity index (χ0n) is 12.5. The highest BCUT2D eigenvalue weighted by molar-refractivity contribution is 5.02. The largest absolute Gasteiger partial charge is 0.392 e. The summed E-state index contributed by atoms with van der Waals surface area (Å²) in [5, 5.41) is 14.2. The van der Waals surface area contributed by atoms with Crippen LogP contribution in [0.1, 0.15) is 38.5 Å². The van der Waals surface area contributed by atoms with Crippen molar-refractivity contribution in [2.24, 2.45) is 5.41 Å². The molecule has 2 bridgehead atoms. The molecule has 0 saturated carbocycles. The smallest absolute Gasteiger partial charge is 0.229 e. The quantitative estimate of drug-likeness (QED) is 0.879. The number of aliphatic hydroxyl groups excluding tert-OH is 1. The van der Waals surface area contributed by atoms with Gasteiger partial charge in [-0.2, -0.15) is 4.98 Å². The first kappa shape index (κ1) is 14.0. The van der Waals surface area contributed by atoms with Crippen LogP contribution in [0.25, 0.3) is 0 Å². The van der Waals surface area contributed by atoms with E-state index < -0.39 is 6.10 Å². The predicted octanol–water partition coefficient (Wildman–Crippen LogP) is 0.691. The highest BCUT2D eigenvalue weighted by Crippen LogP contribution is 2.27. The zero-order chi connectivity index (χ0) is 14.3. The molecule has 0 radical (unpaired) electrons. The number of hydrogen-bond acceptors (Lipinski definition) is 6. The number of fused-ring (bicyclic) bond motifs is 3. The Balaban J connectivity index is 1.68. The third-order valence-electron chi connectivity index (χ3n) is 4.43. The third-order valence-corrected chi connectivity index (χ3v) is 4.43. The molecule has 3 fully saturated rings. The molecule has 1 aromatic heterocycles. The van der Waals surface area contributed by atoms with Crippen LogP contribution in [-0.2, 0) is 6.42 Å². The van der Waals surface area contributed by atoms with Gasteiger partial charge in [-0.15, -0.1) is 0 Å². The summed E-state index contributed by atoms with van der Waals surface area (Å²) in [5.41, 5.74) is -0.173. The molecule has 2 unspecified atom stereocenters. The lowest BCUT2D eigenvalue weighted by molar-refractivity contribution is 0.00780. The topological polar surface area (TPSA) is 65.6 Å². The number of piperazine rings is 3.